The number of fused-ring (bicyclic) bond motifs is 2. The van der Waals surface area contributed by atoms with Gasteiger partial charge in [0, 0.05) is 32.4 Å². The Hall–Kier alpha value is -2.71. The van der Waals surface area contributed by atoms with Crippen LogP contribution in [0.5, 0.6) is 0 Å². The molecule has 2 aromatic rings. The number of para-hydroxylation sites is 1. The largest absolute Gasteiger partial charge is 0.368 e. The van der Waals surface area contributed by atoms with Crippen LogP contribution in [0, 0.1) is 0 Å². The first-order valence-corrected chi connectivity index (χ1v) is 11.7. The minimum atomic E-state index is -0.429. The van der Waals surface area contributed by atoms with Crippen LogP contribution in [0.3, 0.4) is 0 Å². The normalized spacial score (nSPS) is 23.1. The van der Waals surface area contributed by atoms with Crippen molar-refractivity contribution in [1.82, 2.24) is 24.9 Å². The predicted octanol–water partition coefficient (Wildman–Crippen LogP) is 1.47. The number of aromatic nitrogens is 2. The van der Waals surface area contributed by atoms with E-state index < -0.39 is 5.60 Å². The zero-order valence-corrected chi connectivity index (χ0v) is 18.6. The Morgan fingerprint density at radius 1 is 1.22 bits per heavy atom. The van der Waals surface area contributed by atoms with Crippen molar-refractivity contribution in [3.05, 3.63) is 47.8 Å². The molecule has 2 amide bonds. The zero-order valence-electron chi connectivity index (χ0n) is 18.6. The first-order chi connectivity index (χ1) is 15.6. The smallest absolute Gasteiger partial charge is 0.237 e. The second-order valence-corrected chi connectivity index (χ2v) is 8.90. The maximum absolute atomic E-state index is 13.0. The highest BCUT2D eigenvalue weighted by atomic mass is 16.5. The molecule has 3 aliphatic rings. The number of likely N-dealkylation sites (N-methyl/N-ethyl adjacent to an activating group) is 1. The third-order valence-electron chi connectivity index (χ3n) is 7.13. The van der Waals surface area contributed by atoms with Crippen molar-refractivity contribution >= 4 is 11.8 Å². The molecule has 1 N–H and O–H groups in total. The summed E-state index contributed by atoms with van der Waals surface area (Å²) in [7, 11) is 0. The van der Waals surface area contributed by atoms with Crippen LogP contribution in [-0.4, -0.2) is 76.8 Å². The van der Waals surface area contributed by atoms with E-state index >= 15 is 0 Å². The Morgan fingerprint density at radius 3 is 2.75 bits per heavy atom. The van der Waals surface area contributed by atoms with E-state index in [2.05, 4.69) is 16.4 Å². The number of benzene rings is 1. The molecule has 0 radical (unpaired) electrons. The molecule has 3 aliphatic heterocycles. The van der Waals surface area contributed by atoms with Gasteiger partial charge in [0.2, 0.25) is 11.8 Å². The first-order valence-electron chi connectivity index (χ1n) is 11.7. The molecule has 32 heavy (non-hydrogen) atoms. The predicted molar refractivity (Wildman–Crippen MR) is 119 cm³/mol. The zero-order chi connectivity index (χ0) is 22.1. The lowest BCUT2D eigenvalue weighted by Crippen LogP contribution is -2.57. The van der Waals surface area contributed by atoms with Crippen LogP contribution in [0.15, 0.2) is 36.5 Å². The van der Waals surface area contributed by atoms with E-state index in [9.17, 15) is 9.59 Å². The summed E-state index contributed by atoms with van der Waals surface area (Å²) in [4.78, 5) is 29.4. The van der Waals surface area contributed by atoms with Gasteiger partial charge >= 0.3 is 0 Å². The van der Waals surface area contributed by atoms with Crippen LogP contribution in [0.1, 0.15) is 37.4 Å². The number of nitrogens with zero attached hydrogens (tertiary/aromatic N) is 4. The van der Waals surface area contributed by atoms with Gasteiger partial charge in [-0.1, -0.05) is 25.1 Å². The maximum Gasteiger partial charge on any atom is 0.237 e. The van der Waals surface area contributed by atoms with Crippen LogP contribution < -0.4 is 5.32 Å². The van der Waals surface area contributed by atoms with Crippen LogP contribution in [0.2, 0.25) is 0 Å². The fourth-order valence-electron chi connectivity index (χ4n) is 5.27. The summed E-state index contributed by atoms with van der Waals surface area (Å²) < 4.78 is 8.27. The van der Waals surface area contributed by atoms with Gasteiger partial charge in [0.15, 0.2) is 0 Å². The fourth-order valence-corrected chi connectivity index (χ4v) is 5.27. The number of nitrogens with one attached hydrogen (secondary N) is 1. The molecular weight excluding hydrogens is 406 g/mol. The number of amides is 2. The van der Waals surface area contributed by atoms with Gasteiger partial charge in [0.05, 0.1) is 30.5 Å². The first kappa shape index (κ1) is 21.2. The molecule has 2 fully saturated rings. The molecule has 1 unspecified atom stereocenters. The molecule has 0 saturated carbocycles. The summed E-state index contributed by atoms with van der Waals surface area (Å²) >= 11 is 0. The Labute approximate surface area is 188 Å². The van der Waals surface area contributed by atoms with E-state index in [-0.39, 0.29) is 24.3 Å². The van der Waals surface area contributed by atoms with Crippen molar-refractivity contribution in [2.45, 2.75) is 44.2 Å². The molecule has 4 heterocycles. The molecule has 8 heteroatoms. The summed E-state index contributed by atoms with van der Waals surface area (Å²) in [5, 5.41) is 7.82. The second kappa shape index (κ2) is 8.67. The lowest BCUT2D eigenvalue weighted by Gasteiger charge is -2.43. The third kappa shape index (κ3) is 3.82. The molecule has 1 aromatic heterocycles. The van der Waals surface area contributed by atoms with E-state index in [0.717, 1.165) is 43.7 Å². The summed E-state index contributed by atoms with van der Waals surface area (Å²) in [5.74, 6) is 0.0119. The molecule has 1 spiro atoms. The van der Waals surface area contributed by atoms with Gasteiger partial charge in [-0.25, -0.2) is 4.68 Å². The van der Waals surface area contributed by atoms with Crippen molar-refractivity contribution in [1.29, 1.82) is 0 Å². The van der Waals surface area contributed by atoms with Gasteiger partial charge in [-0.3, -0.25) is 14.5 Å². The van der Waals surface area contributed by atoms with E-state index in [4.69, 9.17) is 9.84 Å². The van der Waals surface area contributed by atoms with Crippen molar-refractivity contribution in [3.63, 3.8) is 0 Å². The van der Waals surface area contributed by atoms with Crippen LogP contribution in [0.4, 0.5) is 0 Å². The molecule has 5 rings (SSSR count). The number of piperidine rings is 1. The quantitative estimate of drug-likeness (QED) is 0.784. The molecule has 0 bridgehead atoms. The van der Waals surface area contributed by atoms with Gasteiger partial charge in [-0.2, -0.15) is 5.10 Å². The highest BCUT2D eigenvalue weighted by molar-refractivity contribution is 5.88. The number of ether oxygens (including phenoxy) is 1. The SMILES string of the molecule is CCN1CCNC(=O)C1CC(=O)N1CCC2(CC1)OCCc1cn(-c3ccccc3)nc12. The number of hydrogen-bond donors (Lipinski definition) is 1. The molecule has 0 aliphatic carbocycles. The fraction of sp³-hybridized carbons (Fsp3) is 0.542. The van der Waals surface area contributed by atoms with Crippen molar-refractivity contribution in [3.8, 4) is 5.69 Å². The molecule has 1 atom stereocenters. The minimum absolute atomic E-state index is 0.0355. The second-order valence-electron chi connectivity index (χ2n) is 8.90. The van der Waals surface area contributed by atoms with Gasteiger partial charge in [0.25, 0.3) is 0 Å². The molecule has 170 valence electrons. The van der Waals surface area contributed by atoms with E-state index in [1.54, 1.807) is 0 Å². The number of rotatable bonds is 4. The van der Waals surface area contributed by atoms with Crippen LogP contribution in [0.25, 0.3) is 5.69 Å². The average molecular weight is 438 g/mol. The maximum atomic E-state index is 13.0. The van der Waals surface area contributed by atoms with Crippen molar-refractivity contribution in [2.24, 2.45) is 0 Å². The highest BCUT2D eigenvalue weighted by Gasteiger charge is 2.44. The van der Waals surface area contributed by atoms with Gasteiger partial charge in [-0.15, -0.1) is 0 Å². The third-order valence-corrected chi connectivity index (χ3v) is 7.13. The lowest BCUT2D eigenvalue weighted by molar-refractivity contribution is -0.145. The molecule has 1 aromatic carbocycles. The van der Waals surface area contributed by atoms with Gasteiger partial charge < -0.3 is 15.0 Å². The summed E-state index contributed by atoms with van der Waals surface area (Å²) in [6, 6.07) is 9.76. The van der Waals surface area contributed by atoms with Crippen LogP contribution in [-0.2, 0) is 26.3 Å². The standard InChI is InChI=1S/C24H31N5O3/c1-2-27-14-11-25-23(31)20(27)16-21(30)28-12-9-24(10-13-28)22-18(8-15-32-24)17-29(26-22)19-6-4-3-5-7-19/h3-7,17,20H,2,8-16H2,1H3,(H,25,31). The van der Waals surface area contributed by atoms with E-state index in [0.29, 0.717) is 26.2 Å². The molecule has 2 saturated heterocycles. The van der Waals surface area contributed by atoms with Gasteiger partial charge in [-0.05, 0) is 43.5 Å². The Bertz CT molecular complexity index is 981. The topological polar surface area (TPSA) is 79.7 Å². The average Bonchev–Trinajstić information content (AvgIpc) is 3.27. The molecular formula is C24H31N5O3. The Balaban J connectivity index is 1.28. The highest BCUT2D eigenvalue weighted by Crippen LogP contribution is 2.41. The number of carbonyl (C=O) groups is 2. The number of carbonyl (C=O) groups excluding carboxylic acids is 2. The summed E-state index contributed by atoms with van der Waals surface area (Å²) in [6.45, 7) is 6.17. The van der Waals surface area contributed by atoms with E-state index in [1.807, 2.05) is 46.8 Å². The number of likely N-dealkylation sites (tertiary alicyclic amines) is 1. The van der Waals surface area contributed by atoms with Crippen molar-refractivity contribution < 1.29 is 14.3 Å². The van der Waals surface area contributed by atoms with Crippen molar-refractivity contribution in [2.75, 3.05) is 39.3 Å². The lowest BCUT2D eigenvalue weighted by atomic mass is 9.83. The number of piperazine rings is 1. The van der Waals surface area contributed by atoms with Crippen LogP contribution >= 0.6 is 0 Å². The minimum Gasteiger partial charge on any atom is -0.368 e. The Kier molecular flexibility index (Phi) is 5.73. The summed E-state index contributed by atoms with van der Waals surface area (Å²) in [5.41, 5.74) is 2.86. The number of hydrogen-bond acceptors (Lipinski definition) is 5. The van der Waals surface area contributed by atoms with E-state index in [1.165, 1.54) is 5.56 Å². The molecule has 8 nitrogen and oxygen atoms in total. The van der Waals surface area contributed by atoms with Gasteiger partial charge in [0.1, 0.15) is 5.60 Å². The Morgan fingerprint density at radius 2 is 2.00 bits per heavy atom. The monoisotopic (exact) mass is 437 g/mol. The summed E-state index contributed by atoms with van der Waals surface area (Å²) in [6.07, 6.45) is 4.67.